The number of amides is 1. The van der Waals surface area contributed by atoms with Crippen LogP contribution in [-0.4, -0.2) is 40.3 Å². The molecule has 0 radical (unpaired) electrons. The lowest BCUT2D eigenvalue weighted by molar-refractivity contribution is 0.0734. The van der Waals surface area contributed by atoms with Gasteiger partial charge in [0.1, 0.15) is 13.2 Å². The van der Waals surface area contributed by atoms with E-state index in [1.54, 1.807) is 6.07 Å². The zero-order valence-corrected chi connectivity index (χ0v) is 14.9. The molecule has 2 aliphatic heterocycles. The number of aryl methyl sites for hydroxylation is 2. The molecule has 1 atom stereocenters. The molecule has 1 aromatic heterocycles. The molecule has 0 spiro atoms. The first-order chi connectivity index (χ1) is 12.1. The molecule has 1 amide bonds. The molecular formula is C19H23N3O3. The third-order valence-electron chi connectivity index (χ3n) is 5.20. The van der Waals surface area contributed by atoms with Crippen LogP contribution in [0, 0.1) is 13.8 Å². The van der Waals surface area contributed by atoms with E-state index in [1.165, 1.54) is 5.56 Å². The van der Waals surface area contributed by atoms with Gasteiger partial charge in [-0.1, -0.05) is 0 Å². The lowest BCUT2D eigenvalue weighted by Gasteiger charge is -2.26. The monoisotopic (exact) mass is 341 g/mol. The molecule has 6 nitrogen and oxygen atoms in total. The highest BCUT2D eigenvalue weighted by Crippen LogP contribution is 2.37. The molecule has 0 saturated carbocycles. The summed E-state index contributed by atoms with van der Waals surface area (Å²) in [6.45, 7) is 5.93. The number of carbonyl (C=O) groups is 1. The first-order valence-electron chi connectivity index (χ1n) is 8.77. The minimum Gasteiger partial charge on any atom is -0.486 e. The molecule has 132 valence electrons. The zero-order valence-electron chi connectivity index (χ0n) is 14.9. The van der Waals surface area contributed by atoms with E-state index in [2.05, 4.69) is 12.0 Å². The molecule has 1 saturated heterocycles. The van der Waals surface area contributed by atoms with Crippen molar-refractivity contribution >= 4 is 5.91 Å². The second-order valence-electron chi connectivity index (χ2n) is 6.72. The van der Waals surface area contributed by atoms with Gasteiger partial charge in [-0.05, 0) is 44.9 Å². The van der Waals surface area contributed by atoms with Gasteiger partial charge in [0.15, 0.2) is 11.5 Å². The average Bonchev–Trinajstić information content (AvgIpc) is 3.18. The summed E-state index contributed by atoms with van der Waals surface area (Å²) < 4.78 is 13.1. The van der Waals surface area contributed by atoms with Gasteiger partial charge in [-0.3, -0.25) is 9.48 Å². The Hall–Kier alpha value is -2.50. The summed E-state index contributed by atoms with van der Waals surface area (Å²) in [5.74, 6) is 1.41. The van der Waals surface area contributed by atoms with Crippen molar-refractivity contribution in [1.82, 2.24) is 14.7 Å². The van der Waals surface area contributed by atoms with Crippen LogP contribution in [-0.2, 0) is 7.05 Å². The Balaban J connectivity index is 1.65. The maximum Gasteiger partial charge on any atom is 0.254 e. The van der Waals surface area contributed by atoms with Crippen LogP contribution in [0.15, 0.2) is 18.2 Å². The summed E-state index contributed by atoms with van der Waals surface area (Å²) in [7, 11) is 1.95. The van der Waals surface area contributed by atoms with Gasteiger partial charge >= 0.3 is 0 Å². The van der Waals surface area contributed by atoms with E-state index in [-0.39, 0.29) is 11.9 Å². The number of hydrogen-bond donors (Lipinski definition) is 0. The maximum atomic E-state index is 13.1. The van der Waals surface area contributed by atoms with Crippen LogP contribution in [0.5, 0.6) is 11.5 Å². The minimum atomic E-state index is 0.0436. The molecule has 6 heteroatoms. The molecule has 2 aromatic rings. The van der Waals surface area contributed by atoms with Crippen molar-refractivity contribution in [3.63, 3.8) is 0 Å². The number of carbonyl (C=O) groups excluding carboxylic acids is 1. The van der Waals surface area contributed by atoms with Crippen LogP contribution in [0.4, 0.5) is 0 Å². The molecule has 2 aliphatic rings. The van der Waals surface area contributed by atoms with Crippen molar-refractivity contribution in [3.05, 3.63) is 40.7 Å². The Kier molecular flexibility index (Phi) is 3.90. The van der Waals surface area contributed by atoms with E-state index in [1.807, 2.05) is 35.7 Å². The van der Waals surface area contributed by atoms with Crippen molar-refractivity contribution in [2.75, 3.05) is 19.8 Å². The highest BCUT2D eigenvalue weighted by Gasteiger charge is 2.34. The Morgan fingerprint density at radius 3 is 2.68 bits per heavy atom. The van der Waals surface area contributed by atoms with Crippen molar-refractivity contribution in [2.24, 2.45) is 7.05 Å². The molecule has 25 heavy (non-hydrogen) atoms. The molecule has 4 rings (SSSR count). The third-order valence-corrected chi connectivity index (χ3v) is 5.20. The quantitative estimate of drug-likeness (QED) is 0.843. The number of rotatable bonds is 2. The fourth-order valence-corrected chi connectivity index (χ4v) is 3.92. The van der Waals surface area contributed by atoms with Gasteiger partial charge in [0, 0.05) is 30.4 Å². The van der Waals surface area contributed by atoms with Crippen LogP contribution in [0.2, 0.25) is 0 Å². The normalized spacial score (nSPS) is 19.3. The van der Waals surface area contributed by atoms with Crippen LogP contribution >= 0.6 is 0 Å². The molecular weight excluding hydrogens is 318 g/mol. The van der Waals surface area contributed by atoms with Gasteiger partial charge in [-0.15, -0.1) is 0 Å². The number of ether oxygens (including phenoxy) is 2. The Labute approximate surface area is 147 Å². The lowest BCUT2D eigenvalue weighted by atomic mass is 10.0. The number of fused-ring (bicyclic) bond motifs is 1. The van der Waals surface area contributed by atoms with Crippen molar-refractivity contribution in [2.45, 2.75) is 32.7 Å². The van der Waals surface area contributed by atoms with E-state index in [4.69, 9.17) is 9.47 Å². The van der Waals surface area contributed by atoms with Crippen molar-refractivity contribution in [3.8, 4) is 11.5 Å². The predicted octanol–water partition coefficient (Wildman–Crippen LogP) is 2.79. The molecule has 1 fully saturated rings. The lowest BCUT2D eigenvalue weighted by Crippen LogP contribution is -2.31. The Morgan fingerprint density at radius 1 is 1.20 bits per heavy atom. The fourth-order valence-electron chi connectivity index (χ4n) is 3.92. The van der Waals surface area contributed by atoms with Gasteiger partial charge in [-0.2, -0.15) is 5.10 Å². The van der Waals surface area contributed by atoms with Crippen molar-refractivity contribution < 1.29 is 14.3 Å². The fraction of sp³-hybridized carbons (Fsp3) is 0.474. The number of nitrogens with zero attached hydrogens (tertiary/aromatic N) is 3. The molecule has 0 N–H and O–H groups in total. The van der Waals surface area contributed by atoms with E-state index in [0.717, 1.165) is 30.8 Å². The summed E-state index contributed by atoms with van der Waals surface area (Å²) in [6.07, 6.45) is 1.98. The summed E-state index contributed by atoms with van der Waals surface area (Å²) in [5.41, 5.74) is 3.97. The van der Waals surface area contributed by atoms with Gasteiger partial charge in [-0.25, -0.2) is 0 Å². The highest BCUT2D eigenvalue weighted by atomic mass is 16.6. The SMILES string of the molecule is Cc1nn(C)c(C)c1[C@@H]1CCCN1C(=O)c1ccc2c(c1)OCCO2. The molecule has 0 bridgehead atoms. The third kappa shape index (κ3) is 2.65. The van der Waals surface area contributed by atoms with E-state index < -0.39 is 0 Å². The highest BCUT2D eigenvalue weighted by molar-refractivity contribution is 5.95. The average molecular weight is 341 g/mol. The minimum absolute atomic E-state index is 0.0436. The second-order valence-corrected chi connectivity index (χ2v) is 6.72. The molecule has 1 aromatic carbocycles. The van der Waals surface area contributed by atoms with E-state index in [9.17, 15) is 4.79 Å². The van der Waals surface area contributed by atoms with E-state index >= 15 is 0 Å². The Bertz CT molecular complexity index is 828. The van der Waals surface area contributed by atoms with Crippen LogP contribution in [0.25, 0.3) is 0 Å². The standard InChI is InChI=1S/C19H23N3O3/c1-12-18(13(2)21(3)20-12)15-5-4-8-22(15)19(23)14-6-7-16-17(11-14)25-10-9-24-16/h6-7,11,15H,4-5,8-10H2,1-3H3/t15-/m0/s1. The zero-order chi connectivity index (χ0) is 17.6. The maximum absolute atomic E-state index is 13.1. The first-order valence-corrected chi connectivity index (χ1v) is 8.77. The van der Waals surface area contributed by atoms with E-state index in [0.29, 0.717) is 30.3 Å². The summed E-state index contributed by atoms with van der Waals surface area (Å²) in [4.78, 5) is 15.1. The number of benzene rings is 1. The summed E-state index contributed by atoms with van der Waals surface area (Å²) in [5, 5.41) is 4.52. The predicted molar refractivity (Wildman–Crippen MR) is 93.1 cm³/mol. The van der Waals surface area contributed by atoms with Crippen LogP contribution < -0.4 is 9.47 Å². The summed E-state index contributed by atoms with van der Waals surface area (Å²) >= 11 is 0. The van der Waals surface area contributed by atoms with Gasteiger partial charge in [0.05, 0.1) is 11.7 Å². The van der Waals surface area contributed by atoms with Gasteiger partial charge in [0.2, 0.25) is 0 Å². The number of likely N-dealkylation sites (tertiary alicyclic amines) is 1. The largest absolute Gasteiger partial charge is 0.486 e. The molecule has 0 aliphatic carbocycles. The van der Waals surface area contributed by atoms with Gasteiger partial charge < -0.3 is 14.4 Å². The number of aromatic nitrogens is 2. The summed E-state index contributed by atoms with van der Waals surface area (Å²) in [6, 6.07) is 5.55. The first kappa shape index (κ1) is 16.0. The Morgan fingerprint density at radius 2 is 1.96 bits per heavy atom. The topological polar surface area (TPSA) is 56.6 Å². The van der Waals surface area contributed by atoms with Crippen LogP contribution in [0.1, 0.15) is 46.2 Å². The molecule has 0 unspecified atom stereocenters. The number of hydrogen-bond acceptors (Lipinski definition) is 4. The van der Waals surface area contributed by atoms with Gasteiger partial charge in [0.25, 0.3) is 5.91 Å². The molecule has 3 heterocycles. The van der Waals surface area contributed by atoms with Crippen molar-refractivity contribution in [1.29, 1.82) is 0 Å². The smallest absolute Gasteiger partial charge is 0.254 e. The second kappa shape index (κ2) is 6.10. The van der Waals surface area contributed by atoms with Crippen LogP contribution in [0.3, 0.4) is 0 Å².